The van der Waals surface area contributed by atoms with E-state index in [4.69, 9.17) is 5.26 Å². The Morgan fingerprint density at radius 2 is 1.86 bits per heavy atom. The fraction of sp³-hybridized carbons (Fsp3) is 0.474. The summed E-state index contributed by atoms with van der Waals surface area (Å²) in [5.74, 6) is 0.420. The minimum absolute atomic E-state index is 0.127. The highest BCUT2D eigenvalue weighted by Crippen LogP contribution is 2.51. The van der Waals surface area contributed by atoms with Crippen molar-refractivity contribution in [3.63, 3.8) is 0 Å². The summed E-state index contributed by atoms with van der Waals surface area (Å²) in [5, 5.41) is 8.94. The average molecular weight is 296 g/mol. The molecule has 22 heavy (non-hydrogen) atoms. The Kier molecular flexibility index (Phi) is 4.71. The Hall–Kier alpha value is -2.08. The van der Waals surface area contributed by atoms with Crippen LogP contribution in [-0.2, 0) is 4.79 Å². The van der Waals surface area contributed by atoms with Gasteiger partial charge in [-0.1, -0.05) is 26.0 Å². The van der Waals surface area contributed by atoms with Crippen molar-refractivity contribution in [1.29, 1.82) is 5.26 Å². The van der Waals surface area contributed by atoms with E-state index in [0.29, 0.717) is 11.3 Å². The van der Waals surface area contributed by atoms with Crippen LogP contribution in [0.3, 0.4) is 0 Å². The molecule has 1 atom stereocenters. The number of carbonyl (C=O) groups excluding carboxylic acids is 1. The lowest BCUT2D eigenvalue weighted by Crippen LogP contribution is -2.24. The molecule has 3 nitrogen and oxygen atoms in total. The topological polar surface area (TPSA) is 44.1 Å². The average Bonchev–Trinajstić information content (AvgIpc) is 2.80. The predicted octanol–water partition coefficient (Wildman–Crippen LogP) is 3.87. The van der Waals surface area contributed by atoms with Gasteiger partial charge in [-0.3, -0.25) is 4.79 Å². The Labute approximate surface area is 133 Å². The zero-order chi connectivity index (χ0) is 16.3. The Bertz CT molecular complexity index is 616. The van der Waals surface area contributed by atoms with Crippen molar-refractivity contribution < 1.29 is 4.79 Å². The lowest BCUT2D eigenvalue weighted by atomic mass is 9.78. The summed E-state index contributed by atoms with van der Waals surface area (Å²) in [4.78, 5) is 14.9. The first-order chi connectivity index (χ1) is 10.5. The van der Waals surface area contributed by atoms with Crippen LogP contribution >= 0.6 is 0 Å². The monoisotopic (exact) mass is 296 g/mol. The van der Waals surface area contributed by atoms with Crippen LogP contribution in [0.5, 0.6) is 0 Å². The van der Waals surface area contributed by atoms with Crippen LogP contribution in [0.15, 0.2) is 36.0 Å². The van der Waals surface area contributed by atoms with Crippen LogP contribution in [0.1, 0.15) is 50.2 Å². The molecule has 1 aromatic rings. The summed E-state index contributed by atoms with van der Waals surface area (Å²) < 4.78 is 0. The number of benzene rings is 1. The molecule has 116 valence electrons. The van der Waals surface area contributed by atoms with E-state index in [2.05, 4.69) is 19.9 Å². The standard InChI is InChI=1S/C19H24N2O/c1-5-19(6-2)11-16(17(18(19)22)13-21(3)4)15-9-7-14(12-20)8-10-15/h7-10,13,16H,5-6,11H2,1-4H3/b17-13-/t16-/m1/s1. The van der Waals surface area contributed by atoms with Gasteiger partial charge in [0.05, 0.1) is 11.6 Å². The van der Waals surface area contributed by atoms with Gasteiger partial charge in [0.1, 0.15) is 0 Å². The SMILES string of the molecule is CCC1(CC)C[C@H](c2ccc(C#N)cc2)/C(=C/N(C)C)C1=O. The van der Waals surface area contributed by atoms with Gasteiger partial charge in [-0.15, -0.1) is 0 Å². The number of ketones is 1. The molecule has 0 saturated heterocycles. The highest BCUT2D eigenvalue weighted by molar-refractivity contribution is 6.03. The van der Waals surface area contributed by atoms with E-state index in [1.165, 1.54) is 0 Å². The van der Waals surface area contributed by atoms with Crippen molar-refractivity contribution in [3.05, 3.63) is 47.2 Å². The Morgan fingerprint density at radius 3 is 2.32 bits per heavy atom. The summed E-state index contributed by atoms with van der Waals surface area (Å²) >= 11 is 0. The van der Waals surface area contributed by atoms with Gasteiger partial charge in [0.15, 0.2) is 5.78 Å². The first kappa shape index (κ1) is 16.3. The van der Waals surface area contributed by atoms with E-state index >= 15 is 0 Å². The third kappa shape index (κ3) is 2.78. The molecule has 0 heterocycles. The number of carbonyl (C=O) groups is 1. The second kappa shape index (κ2) is 6.36. The van der Waals surface area contributed by atoms with Crippen LogP contribution in [-0.4, -0.2) is 24.8 Å². The number of allylic oxidation sites excluding steroid dienone is 1. The van der Waals surface area contributed by atoms with Gasteiger partial charge in [0.25, 0.3) is 0 Å². The van der Waals surface area contributed by atoms with Gasteiger partial charge in [-0.25, -0.2) is 0 Å². The molecular weight excluding hydrogens is 272 g/mol. The fourth-order valence-electron chi connectivity index (χ4n) is 3.43. The molecule has 1 fully saturated rings. The summed E-state index contributed by atoms with van der Waals surface area (Å²) in [6.07, 6.45) is 4.59. The molecule has 1 aromatic carbocycles. The normalized spacial score (nSPS) is 21.9. The number of hydrogen-bond acceptors (Lipinski definition) is 3. The van der Waals surface area contributed by atoms with Gasteiger partial charge < -0.3 is 4.90 Å². The molecule has 2 rings (SSSR count). The Morgan fingerprint density at radius 1 is 1.27 bits per heavy atom. The van der Waals surface area contributed by atoms with E-state index in [9.17, 15) is 4.79 Å². The third-order valence-corrected chi connectivity index (χ3v) is 4.91. The fourth-order valence-corrected chi connectivity index (χ4v) is 3.43. The van der Waals surface area contributed by atoms with Gasteiger partial charge in [-0.05, 0) is 37.0 Å². The van der Waals surface area contributed by atoms with Crippen LogP contribution < -0.4 is 0 Å². The third-order valence-electron chi connectivity index (χ3n) is 4.91. The number of Topliss-reactive ketones (excluding diaryl/α,β-unsaturated/α-hetero) is 1. The summed E-state index contributed by atoms with van der Waals surface area (Å²) in [5.41, 5.74) is 2.45. The van der Waals surface area contributed by atoms with Gasteiger partial charge in [-0.2, -0.15) is 5.26 Å². The molecule has 0 amide bonds. The second-order valence-electron chi connectivity index (χ2n) is 6.36. The molecule has 0 N–H and O–H groups in total. The van der Waals surface area contributed by atoms with E-state index in [1.807, 2.05) is 49.5 Å². The molecule has 0 spiro atoms. The van der Waals surface area contributed by atoms with Gasteiger partial charge in [0, 0.05) is 37.2 Å². The number of rotatable bonds is 4. The van der Waals surface area contributed by atoms with Crippen molar-refractivity contribution in [1.82, 2.24) is 4.90 Å². The highest BCUT2D eigenvalue weighted by Gasteiger charge is 2.47. The maximum atomic E-state index is 13.0. The second-order valence-corrected chi connectivity index (χ2v) is 6.36. The molecule has 1 aliphatic rings. The molecule has 3 heteroatoms. The largest absolute Gasteiger partial charge is 0.383 e. The summed E-state index contributed by atoms with van der Waals surface area (Å²) in [7, 11) is 3.90. The smallest absolute Gasteiger partial charge is 0.167 e. The maximum Gasteiger partial charge on any atom is 0.167 e. The lowest BCUT2D eigenvalue weighted by Gasteiger charge is -2.23. The van der Waals surface area contributed by atoms with Crippen molar-refractivity contribution >= 4 is 5.78 Å². The maximum absolute atomic E-state index is 13.0. The lowest BCUT2D eigenvalue weighted by molar-refractivity contribution is -0.123. The van der Waals surface area contributed by atoms with Crippen molar-refractivity contribution in [2.75, 3.05) is 14.1 Å². The van der Waals surface area contributed by atoms with Crippen LogP contribution in [0.25, 0.3) is 0 Å². The van der Waals surface area contributed by atoms with Gasteiger partial charge >= 0.3 is 0 Å². The molecule has 0 radical (unpaired) electrons. The minimum atomic E-state index is -0.236. The molecule has 0 unspecified atom stereocenters. The molecular formula is C19H24N2O. The molecule has 0 aliphatic heterocycles. The highest BCUT2D eigenvalue weighted by atomic mass is 16.1. The van der Waals surface area contributed by atoms with Crippen molar-refractivity contribution in [3.8, 4) is 6.07 Å². The van der Waals surface area contributed by atoms with Crippen LogP contribution in [0.4, 0.5) is 0 Å². The van der Waals surface area contributed by atoms with Gasteiger partial charge in [0.2, 0.25) is 0 Å². The number of hydrogen-bond donors (Lipinski definition) is 0. The quantitative estimate of drug-likeness (QED) is 0.792. The first-order valence-electron chi connectivity index (χ1n) is 7.90. The van der Waals surface area contributed by atoms with E-state index in [-0.39, 0.29) is 11.3 Å². The summed E-state index contributed by atoms with van der Waals surface area (Å²) in [6, 6.07) is 9.80. The van der Waals surface area contributed by atoms with Crippen LogP contribution in [0, 0.1) is 16.7 Å². The zero-order valence-corrected chi connectivity index (χ0v) is 13.9. The zero-order valence-electron chi connectivity index (χ0n) is 13.9. The molecule has 0 bridgehead atoms. The van der Waals surface area contributed by atoms with E-state index in [0.717, 1.165) is 30.4 Å². The van der Waals surface area contributed by atoms with Crippen LogP contribution in [0.2, 0.25) is 0 Å². The van der Waals surface area contributed by atoms with E-state index < -0.39 is 0 Å². The predicted molar refractivity (Wildman–Crippen MR) is 88.3 cm³/mol. The van der Waals surface area contributed by atoms with E-state index in [1.54, 1.807) is 0 Å². The number of nitrogens with zero attached hydrogens (tertiary/aromatic N) is 2. The minimum Gasteiger partial charge on any atom is -0.383 e. The first-order valence-corrected chi connectivity index (χ1v) is 7.90. The summed E-state index contributed by atoms with van der Waals surface area (Å²) in [6.45, 7) is 4.21. The molecule has 1 saturated carbocycles. The molecule has 0 aromatic heterocycles. The van der Waals surface area contributed by atoms with Crippen molar-refractivity contribution in [2.45, 2.75) is 39.0 Å². The Balaban J connectivity index is 2.47. The van der Waals surface area contributed by atoms with Crippen molar-refractivity contribution in [2.24, 2.45) is 5.41 Å². The number of nitriles is 1. The molecule has 1 aliphatic carbocycles.